The molecule has 1 aliphatic carbocycles. The van der Waals surface area contributed by atoms with Crippen molar-refractivity contribution in [2.24, 2.45) is 17.8 Å². The molecule has 12 heteroatoms. The Balaban J connectivity index is 0. The van der Waals surface area contributed by atoms with E-state index in [1.54, 1.807) is 0 Å². The molecule has 1 unspecified atom stereocenters. The Kier molecular flexibility index (Phi) is 10.5. The summed E-state index contributed by atoms with van der Waals surface area (Å²) in [6.45, 7) is 5.20. The zero-order valence-corrected chi connectivity index (χ0v) is 18.1. The Labute approximate surface area is 165 Å². The number of ether oxygens (including phenoxy) is 1. The third-order valence-corrected chi connectivity index (χ3v) is 5.93. The van der Waals surface area contributed by atoms with Crippen molar-refractivity contribution in [2.45, 2.75) is 46.1 Å². The first-order chi connectivity index (χ1) is 10.4. The van der Waals surface area contributed by atoms with Gasteiger partial charge in [0.15, 0.2) is 6.61 Å². The molecule has 4 atom stereocenters. The zero-order valence-electron chi connectivity index (χ0n) is 15.3. The van der Waals surface area contributed by atoms with Crippen LogP contribution in [0.25, 0.3) is 0 Å². The fourth-order valence-electron chi connectivity index (χ4n) is 2.75. The Hall–Kier alpha value is 0.730. The summed E-state index contributed by atoms with van der Waals surface area (Å²) in [7, 11) is -10.2. The smallest absolute Gasteiger partial charge is 1.00 e. The second-order valence-electron chi connectivity index (χ2n) is 6.17. The van der Waals surface area contributed by atoms with Crippen molar-refractivity contribution in [1.29, 1.82) is 0 Å². The minimum Gasteiger partial charge on any atom is -1.00 e. The maximum Gasteiger partial charge on any atom is 1.00 e. The van der Waals surface area contributed by atoms with Crippen LogP contribution < -0.4 is 29.6 Å². The van der Waals surface area contributed by atoms with Gasteiger partial charge in [0.25, 0.3) is 0 Å². The SMILES string of the molecule is CC(C)[C@@H]1CC[C@@H](C)C[C@H]1OC(=O)COP(=O)(O)OP(=O)(O)O.[H-].[Na+]. The van der Waals surface area contributed by atoms with E-state index in [1.807, 2.05) is 13.8 Å². The van der Waals surface area contributed by atoms with Gasteiger partial charge < -0.3 is 20.8 Å². The van der Waals surface area contributed by atoms with Crippen LogP contribution in [0.5, 0.6) is 0 Å². The maximum atomic E-state index is 11.8. The van der Waals surface area contributed by atoms with Crippen molar-refractivity contribution >= 4 is 21.6 Å². The topological polar surface area (TPSA) is 140 Å². The van der Waals surface area contributed by atoms with Gasteiger partial charge in [-0.3, -0.25) is 4.52 Å². The number of phosphoric ester groups is 1. The first-order valence-electron chi connectivity index (χ1n) is 7.33. The number of phosphoric acid groups is 2. The van der Waals surface area contributed by atoms with Crippen molar-refractivity contribution in [3.63, 3.8) is 0 Å². The van der Waals surface area contributed by atoms with Crippen LogP contribution in [-0.2, 0) is 27.5 Å². The average Bonchev–Trinajstić information content (AvgIpc) is 2.33. The molecule has 0 spiro atoms. The van der Waals surface area contributed by atoms with Crippen molar-refractivity contribution in [1.82, 2.24) is 0 Å². The van der Waals surface area contributed by atoms with Gasteiger partial charge in [-0.1, -0.05) is 27.2 Å². The molecule has 3 N–H and O–H groups in total. The Morgan fingerprint density at radius 2 is 1.83 bits per heavy atom. The zero-order chi connectivity index (χ0) is 17.8. The molecule has 0 aromatic heterocycles. The van der Waals surface area contributed by atoms with Crippen molar-refractivity contribution in [2.75, 3.05) is 6.61 Å². The number of esters is 1. The summed E-state index contributed by atoms with van der Waals surface area (Å²) < 4.78 is 34.9. The molecule has 0 heterocycles. The van der Waals surface area contributed by atoms with Crippen LogP contribution in [0, 0.1) is 17.8 Å². The molecular formula is C12H25NaO9P2. The number of hydrogen-bond donors (Lipinski definition) is 3. The van der Waals surface area contributed by atoms with Gasteiger partial charge in [-0.15, -0.1) is 0 Å². The van der Waals surface area contributed by atoms with Crippen LogP contribution in [0.15, 0.2) is 0 Å². The number of rotatable bonds is 7. The normalized spacial score (nSPS) is 27.2. The van der Waals surface area contributed by atoms with Crippen molar-refractivity contribution in [3.8, 4) is 0 Å². The van der Waals surface area contributed by atoms with E-state index in [0.29, 0.717) is 18.3 Å². The molecule has 0 radical (unpaired) electrons. The van der Waals surface area contributed by atoms with E-state index in [1.165, 1.54) is 0 Å². The van der Waals surface area contributed by atoms with Crippen molar-refractivity contribution in [3.05, 3.63) is 0 Å². The molecule has 0 aromatic carbocycles. The van der Waals surface area contributed by atoms with Crippen molar-refractivity contribution < 1.29 is 73.2 Å². The van der Waals surface area contributed by atoms with Crippen LogP contribution in [-0.4, -0.2) is 33.4 Å². The maximum absolute atomic E-state index is 11.8. The van der Waals surface area contributed by atoms with Crippen LogP contribution in [0.3, 0.4) is 0 Å². The summed E-state index contributed by atoms with van der Waals surface area (Å²) in [6, 6.07) is 0. The molecule has 1 fully saturated rings. The molecule has 1 saturated carbocycles. The van der Waals surface area contributed by atoms with E-state index < -0.39 is 28.2 Å². The fourth-order valence-corrected chi connectivity index (χ4v) is 4.28. The third-order valence-electron chi connectivity index (χ3n) is 3.80. The van der Waals surface area contributed by atoms with Gasteiger partial charge in [0.2, 0.25) is 0 Å². The van der Waals surface area contributed by atoms with Crippen LogP contribution >= 0.6 is 15.6 Å². The quantitative estimate of drug-likeness (QED) is 0.289. The summed E-state index contributed by atoms with van der Waals surface area (Å²) in [6.07, 6.45) is 2.37. The third kappa shape index (κ3) is 9.43. The molecule has 1 aliphatic rings. The largest absolute Gasteiger partial charge is 1.00 e. The van der Waals surface area contributed by atoms with E-state index in [4.69, 9.17) is 19.4 Å². The molecule has 138 valence electrons. The van der Waals surface area contributed by atoms with Crippen LogP contribution in [0.1, 0.15) is 41.5 Å². The molecule has 0 aromatic rings. The summed E-state index contributed by atoms with van der Waals surface area (Å²) >= 11 is 0. The molecule has 24 heavy (non-hydrogen) atoms. The molecule has 1 rings (SSSR count). The average molecular weight is 398 g/mol. The Morgan fingerprint density at radius 3 is 2.33 bits per heavy atom. The molecule has 0 saturated heterocycles. The van der Waals surface area contributed by atoms with E-state index in [9.17, 15) is 13.9 Å². The van der Waals surface area contributed by atoms with Gasteiger partial charge in [-0.05, 0) is 30.6 Å². The first-order valence-corrected chi connectivity index (χ1v) is 10.4. The predicted molar refractivity (Wildman–Crippen MR) is 81.2 cm³/mol. The summed E-state index contributed by atoms with van der Waals surface area (Å²) in [5.74, 6) is 0.0505. The minimum atomic E-state index is -5.20. The monoisotopic (exact) mass is 398 g/mol. The predicted octanol–water partition coefficient (Wildman–Crippen LogP) is -0.667. The summed E-state index contributed by atoms with van der Waals surface area (Å²) in [5, 5.41) is 0. The molecular weight excluding hydrogens is 373 g/mol. The standard InChI is InChI=1S/C12H24O9P2.Na.H/c1-8(2)10-5-4-9(3)6-11(10)20-12(13)7-19-23(17,18)21-22(14,15)16;;/h8-11H,4-7H2,1-3H3,(H,17,18)(H2,14,15,16);;/q;+1;-1/t9-,10+,11-;;/m1../s1. The van der Waals surface area contributed by atoms with Gasteiger partial charge >= 0.3 is 51.2 Å². The Bertz CT molecular complexity index is 513. The summed E-state index contributed by atoms with van der Waals surface area (Å²) in [4.78, 5) is 37.8. The molecule has 9 nitrogen and oxygen atoms in total. The van der Waals surface area contributed by atoms with Gasteiger partial charge in [0.1, 0.15) is 6.10 Å². The van der Waals surface area contributed by atoms with Gasteiger partial charge in [0, 0.05) is 0 Å². The van der Waals surface area contributed by atoms with E-state index >= 15 is 0 Å². The van der Waals surface area contributed by atoms with Gasteiger partial charge in [-0.2, -0.15) is 4.31 Å². The second-order valence-corrected chi connectivity index (χ2v) is 9.00. The van der Waals surface area contributed by atoms with E-state index in [2.05, 4.69) is 15.8 Å². The number of carbonyl (C=O) groups is 1. The minimum absolute atomic E-state index is 0. The fraction of sp³-hybridized carbons (Fsp3) is 0.917. The summed E-state index contributed by atoms with van der Waals surface area (Å²) in [5.41, 5.74) is 0. The van der Waals surface area contributed by atoms with Gasteiger partial charge in [0.05, 0.1) is 0 Å². The molecule has 0 amide bonds. The number of hydrogen-bond acceptors (Lipinski definition) is 6. The molecule has 0 bridgehead atoms. The van der Waals surface area contributed by atoms with E-state index in [0.717, 1.165) is 12.8 Å². The van der Waals surface area contributed by atoms with Crippen LogP contribution in [0.4, 0.5) is 0 Å². The number of carbonyl (C=O) groups excluding carboxylic acids is 1. The Morgan fingerprint density at radius 1 is 1.25 bits per heavy atom. The van der Waals surface area contributed by atoms with E-state index in [-0.39, 0.29) is 43.0 Å². The van der Waals surface area contributed by atoms with Gasteiger partial charge in [-0.25, -0.2) is 13.9 Å². The van der Waals surface area contributed by atoms with Crippen LogP contribution in [0.2, 0.25) is 0 Å². The first kappa shape index (κ1) is 24.7. The molecule has 0 aliphatic heterocycles. The second kappa shape index (κ2) is 10.2.